The molecule has 5 heteroatoms. The van der Waals surface area contributed by atoms with Crippen molar-refractivity contribution in [3.8, 4) is 0 Å². The minimum absolute atomic E-state index is 0.0845. The first kappa shape index (κ1) is 12.4. The normalized spacial score (nSPS) is 27.4. The van der Waals surface area contributed by atoms with Crippen LogP contribution in [-0.2, 0) is 9.59 Å². The average molecular weight is 240 g/mol. The molecule has 0 aromatic heterocycles. The second kappa shape index (κ2) is 4.64. The number of carbonyl (C=O) groups is 2. The molecule has 1 aliphatic heterocycles. The number of hydrogen-bond donors (Lipinski definition) is 2. The summed E-state index contributed by atoms with van der Waals surface area (Å²) in [6, 6.07) is 0. The summed E-state index contributed by atoms with van der Waals surface area (Å²) in [4.78, 5) is 25.0. The number of rotatable bonds is 3. The molecule has 1 amide bonds. The number of hydrogen-bond acceptors (Lipinski definition) is 3. The van der Waals surface area contributed by atoms with Gasteiger partial charge in [0.1, 0.15) is 0 Å². The highest BCUT2D eigenvalue weighted by atomic mass is 16.4. The largest absolute Gasteiger partial charge is 0.481 e. The van der Waals surface area contributed by atoms with E-state index < -0.39 is 17.3 Å². The minimum Gasteiger partial charge on any atom is -0.481 e. The summed E-state index contributed by atoms with van der Waals surface area (Å²) in [7, 11) is 0. The summed E-state index contributed by atoms with van der Waals surface area (Å²) in [6.45, 7) is 1.31. The van der Waals surface area contributed by atoms with Gasteiger partial charge < -0.3 is 15.7 Å². The highest BCUT2D eigenvalue weighted by Gasteiger charge is 2.44. The van der Waals surface area contributed by atoms with Gasteiger partial charge in [-0.2, -0.15) is 0 Å². The average Bonchev–Trinajstić information content (AvgIpc) is 2.98. The standard InChI is InChI=1S/C12H20N2O3/c13-8-12(4-1-2-5-12)11(17)14-6-3-9(7-14)10(15)16/h9H,1-8,13H2,(H,15,16). The highest BCUT2D eigenvalue weighted by Crippen LogP contribution is 2.39. The van der Waals surface area contributed by atoms with Crippen LogP contribution in [0, 0.1) is 11.3 Å². The third-order valence-electron chi connectivity index (χ3n) is 4.23. The summed E-state index contributed by atoms with van der Waals surface area (Å²) in [5.74, 6) is -1.11. The van der Waals surface area contributed by atoms with Crippen LogP contribution in [0.5, 0.6) is 0 Å². The number of aliphatic carboxylic acids is 1. The molecule has 1 atom stereocenters. The van der Waals surface area contributed by atoms with Crippen molar-refractivity contribution in [2.75, 3.05) is 19.6 Å². The summed E-state index contributed by atoms with van der Waals surface area (Å²) in [5, 5.41) is 8.94. The van der Waals surface area contributed by atoms with Gasteiger partial charge in [0.05, 0.1) is 11.3 Å². The molecule has 2 rings (SSSR count). The molecule has 0 aromatic rings. The lowest BCUT2D eigenvalue weighted by Crippen LogP contribution is -2.46. The first-order valence-corrected chi connectivity index (χ1v) is 6.31. The highest BCUT2D eigenvalue weighted by molar-refractivity contribution is 5.84. The Balaban J connectivity index is 2.03. The fourth-order valence-electron chi connectivity index (χ4n) is 3.04. The molecule has 1 saturated heterocycles. The Kier molecular flexibility index (Phi) is 3.38. The number of carboxylic acids is 1. The molecule has 5 nitrogen and oxygen atoms in total. The van der Waals surface area contributed by atoms with Gasteiger partial charge in [-0.05, 0) is 19.3 Å². The maximum atomic E-state index is 12.4. The number of carbonyl (C=O) groups excluding carboxylic acids is 1. The zero-order valence-corrected chi connectivity index (χ0v) is 10.0. The zero-order chi connectivity index (χ0) is 12.5. The molecular weight excluding hydrogens is 220 g/mol. The molecule has 1 heterocycles. The van der Waals surface area contributed by atoms with Gasteiger partial charge >= 0.3 is 5.97 Å². The second-order valence-corrected chi connectivity index (χ2v) is 5.27. The third-order valence-corrected chi connectivity index (χ3v) is 4.23. The molecular formula is C12H20N2O3. The van der Waals surface area contributed by atoms with Gasteiger partial charge in [0.15, 0.2) is 0 Å². The molecule has 96 valence electrons. The Morgan fingerprint density at radius 2 is 2.00 bits per heavy atom. The van der Waals surface area contributed by atoms with Crippen molar-refractivity contribution < 1.29 is 14.7 Å². The van der Waals surface area contributed by atoms with E-state index in [2.05, 4.69) is 0 Å². The van der Waals surface area contributed by atoms with Gasteiger partial charge in [0.2, 0.25) is 5.91 Å². The van der Waals surface area contributed by atoms with Crippen molar-refractivity contribution in [1.82, 2.24) is 4.90 Å². The Bertz CT molecular complexity index is 324. The van der Waals surface area contributed by atoms with E-state index >= 15 is 0 Å². The third kappa shape index (κ3) is 2.16. The van der Waals surface area contributed by atoms with E-state index in [4.69, 9.17) is 10.8 Å². The van der Waals surface area contributed by atoms with Crippen molar-refractivity contribution >= 4 is 11.9 Å². The molecule has 3 N–H and O–H groups in total. The van der Waals surface area contributed by atoms with Crippen LogP contribution in [0.3, 0.4) is 0 Å². The number of nitrogens with zero attached hydrogens (tertiary/aromatic N) is 1. The van der Waals surface area contributed by atoms with Crippen molar-refractivity contribution in [3.05, 3.63) is 0 Å². The first-order chi connectivity index (χ1) is 8.09. The Morgan fingerprint density at radius 1 is 1.35 bits per heavy atom. The molecule has 1 saturated carbocycles. The van der Waals surface area contributed by atoms with Crippen LogP contribution in [-0.4, -0.2) is 41.5 Å². The van der Waals surface area contributed by atoms with Gasteiger partial charge in [0, 0.05) is 19.6 Å². The van der Waals surface area contributed by atoms with Gasteiger partial charge in [-0.25, -0.2) is 0 Å². The number of amides is 1. The maximum absolute atomic E-state index is 12.4. The number of likely N-dealkylation sites (tertiary alicyclic amines) is 1. The lowest BCUT2D eigenvalue weighted by Gasteiger charge is -2.31. The fraction of sp³-hybridized carbons (Fsp3) is 0.833. The van der Waals surface area contributed by atoms with Crippen molar-refractivity contribution in [2.24, 2.45) is 17.1 Å². The number of carboxylic acid groups (broad SMARTS) is 1. The molecule has 0 aromatic carbocycles. The van der Waals surface area contributed by atoms with E-state index in [1.54, 1.807) is 4.90 Å². The van der Waals surface area contributed by atoms with E-state index in [-0.39, 0.29) is 5.91 Å². The molecule has 0 spiro atoms. The summed E-state index contributed by atoms with van der Waals surface area (Å²) >= 11 is 0. The van der Waals surface area contributed by atoms with Crippen molar-refractivity contribution in [2.45, 2.75) is 32.1 Å². The van der Waals surface area contributed by atoms with Crippen LogP contribution in [0.25, 0.3) is 0 Å². The zero-order valence-electron chi connectivity index (χ0n) is 10.0. The summed E-state index contributed by atoms with van der Waals surface area (Å²) < 4.78 is 0. The van der Waals surface area contributed by atoms with Crippen molar-refractivity contribution in [3.63, 3.8) is 0 Å². The quantitative estimate of drug-likeness (QED) is 0.749. The fourth-order valence-corrected chi connectivity index (χ4v) is 3.04. The lowest BCUT2D eigenvalue weighted by atomic mass is 9.84. The minimum atomic E-state index is -0.798. The van der Waals surface area contributed by atoms with Gasteiger partial charge in [0.25, 0.3) is 0 Å². The Hall–Kier alpha value is -1.10. The summed E-state index contributed by atoms with van der Waals surface area (Å²) in [6.07, 6.45) is 4.40. The molecule has 0 radical (unpaired) electrons. The van der Waals surface area contributed by atoms with E-state index in [0.29, 0.717) is 26.1 Å². The van der Waals surface area contributed by atoms with Gasteiger partial charge in [-0.15, -0.1) is 0 Å². The molecule has 1 unspecified atom stereocenters. The van der Waals surface area contributed by atoms with Crippen LogP contribution in [0.2, 0.25) is 0 Å². The molecule has 0 bridgehead atoms. The Labute approximate surface area is 101 Å². The van der Waals surface area contributed by atoms with E-state index in [1.165, 1.54) is 0 Å². The molecule has 1 aliphatic carbocycles. The van der Waals surface area contributed by atoms with Crippen LogP contribution in [0.15, 0.2) is 0 Å². The molecule has 2 fully saturated rings. The SMILES string of the molecule is NCC1(C(=O)N2CCC(C(=O)O)C2)CCCC1. The van der Waals surface area contributed by atoms with Gasteiger partial charge in [-0.3, -0.25) is 9.59 Å². The van der Waals surface area contributed by atoms with E-state index in [0.717, 1.165) is 25.7 Å². The first-order valence-electron chi connectivity index (χ1n) is 6.31. The van der Waals surface area contributed by atoms with E-state index in [1.807, 2.05) is 0 Å². The smallest absolute Gasteiger partial charge is 0.308 e. The Morgan fingerprint density at radius 3 is 2.47 bits per heavy atom. The van der Waals surface area contributed by atoms with Crippen LogP contribution in [0.4, 0.5) is 0 Å². The van der Waals surface area contributed by atoms with Crippen molar-refractivity contribution in [1.29, 1.82) is 0 Å². The predicted molar refractivity (Wildman–Crippen MR) is 62.3 cm³/mol. The topological polar surface area (TPSA) is 83.6 Å². The maximum Gasteiger partial charge on any atom is 0.308 e. The molecule has 2 aliphatic rings. The van der Waals surface area contributed by atoms with Gasteiger partial charge in [-0.1, -0.05) is 12.8 Å². The number of nitrogens with two attached hydrogens (primary N) is 1. The predicted octanol–water partition coefficient (Wildman–Crippen LogP) is 0.439. The monoisotopic (exact) mass is 240 g/mol. The van der Waals surface area contributed by atoms with Crippen LogP contribution < -0.4 is 5.73 Å². The van der Waals surface area contributed by atoms with Crippen LogP contribution in [0.1, 0.15) is 32.1 Å². The molecule has 17 heavy (non-hydrogen) atoms. The van der Waals surface area contributed by atoms with Crippen LogP contribution >= 0.6 is 0 Å². The van der Waals surface area contributed by atoms with E-state index in [9.17, 15) is 9.59 Å². The lowest BCUT2D eigenvalue weighted by molar-refractivity contribution is -0.143. The second-order valence-electron chi connectivity index (χ2n) is 5.27. The summed E-state index contributed by atoms with van der Waals surface area (Å²) in [5.41, 5.74) is 5.37.